The van der Waals surface area contributed by atoms with Gasteiger partial charge < -0.3 is 10.2 Å². The number of aromatic nitrogens is 2. The molecular formula is C23H21ClF2N4OS. The number of halogens is 3. The van der Waals surface area contributed by atoms with Crippen LogP contribution in [0.1, 0.15) is 28.2 Å². The van der Waals surface area contributed by atoms with E-state index >= 15 is 0 Å². The van der Waals surface area contributed by atoms with Gasteiger partial charge in [0.15, 0.2) is 17.3 Å². The average Bonchev–Trinajstić information content (AvgIpc) is 3.39. The molecule has 9 heteroatoms. The number of carbonyl (C=O) groups is 1. The smallest absolute Gasteiger partial charge is 0.276 e. The Bertz CT molecular complexity index is 1190. The number of amides is 1. The second-order valence-electron chi connectivity index (χ2n) is 7.86. The number of anilines is 2. The van der Waals surface area contributed by atoms with Gasteiger partial charge in [-0.3, -0.25) is 4.79 Å². The highest BCUT2D eigenvalue weighted by molar-refractivity contribution is 7.99. The third-order valence-corrected chi connectivity index (χ3v) is 7.10. The van der Waals surface area contributed by atoms with Crippen molar-refractivity contribution in [1.29, 1.82) is 0 Å². The van der Waals surface area contributed by atoms with Crippen LogP contribution in [0.2, 0.25) is 5.02 Å². The summed E-state index contributed by atoms with van der Waals surface area (Å²) in [5, 5.41) is 7.93. The number of hydrogen-bond acceptors (Lipinski definition) is 4. The molecule has 0 radical (unpaired) electrons. The molecule has 1 aliphatic heterocycles. The van der Waals surface area contributed by atoms with Gasteiger partial charge in [-0.25, -0.2) is 13.5 Å². The predicted molar refractivity (Wildman–Crippen MR) is 124 cm³/mol. The van der Waals surface area contributed by atoms with Crippen LogP contribution < -0.4 is 10.2 Å². The van der Waals surface area contributed by atoms with Crippen molar-refractivity contribution in [3.8, 4) is 5.69 Å². The first-order valence-electron chi connectivity index (χ1n) is 10.5. The molecule has 2 aliphatic rings. The lowest BCUT2D eigenvalue weighted by atomic mass is 10.2. The molecule has 0 atom stereocenters. The Morgan fingerprint density at radius 2 is 1.88 bits per heavy atom. The van der Waals surface area contributed by atoms with Crippen LogP contribution >= 0.6 is 23.4 Å². The van der Waals surface area contributed by atoms with Gasteiger partial charge in [-0.1, -0.05) is 11.6 Å². The molecule has 5 nitrogen and oxygen atoms in total. The molecule has 1 aliphatic carbocycles. The predicted octanol–water partition coefficient (Wildman–Crippen LogP) is 5.10. The minimum Gasteiger partial charge on any atom is -0.369 e. The summed E-state index contributed by atoms with van der Waals surface area (Å²) >= 11 is 8.44. The van der Waals surface area contributed by atoms with Crippen LogP contribution in [0.25, 0.3) is 5.69 Å². The van der Waals surface area contributed by atoms with Crippen LogP contribution in [0.5, 0.6) is 0 Å². The van der Waals surface area contributed by atoms with Gasteiger partial charge in [0, 0.05) is 47.6 Å². The molecule has 1 fully saturated rings. The number of hydrogen-bond donors (Lipinski definition) is 1. The number of rotatable bonds is 4. The topological polar surface area (TPSA) is 50.2 Å². The van der Waals surface area contributed by atoms with E-state index in [0.29, 0.717) is 28.5 Å². The van der Waals surface area contributed by atoms with E-state index in [0.717, 1.165) is 66.5 Å². The van der Waals surface area contributed by atoms with Crippen LogP contribution in [0.15, 0.2) is 36.4 Å². The number of thioether (sulfide) groups is 1. The highest BCUT2D eigenvalue weighted by atomic mass is 35.5. The molecule has 5 rings (SSSR count). The lowest BCUT2D eigenvalue weighted by Gasteiger charge is -2.29. The summed E-state index contributed by atoms with van der Waals surface area (Å²) in [6.45, 7) is 1.90. The number of fused-ring (bicyclic) bond motifs is 1. The molecule has 0 saturated carbocycles. The van der Waals surface area contributed by atoms with Crippen LogP contribution in [0, 0.1) is 11.6 Å². The molecule has 166 valence electrons. The zero-order valence-electron chi connectivity index (χ0n) is 17.2. The highest BCUT2D eigenvalue weighted by Crippen LogP contribution is 2.32. The Hall–Kier alpha value is -2.58. The summed E-state index contributed by atoms with van der Waals surface area (Å²) in [6, 6.07) is 9.15. The minimum atomic E-state index is -0.947. The first-order chi connectivity index (χ1) is 15.5. The Kier molecular flexibility index (Phi) is 5.82. The van der Waals surface area contributed by atoms with E-state index in [-0.39, 0.29) is 5.91 Å². The summed E-state index contributed by atoms with van der Waals surface area (Å²) < 4.78 is 28.7. The first-order valence-corrected chi connectivity index (χ1v) is 12.0. The summed E-state index contributed by atoms with van der Waals surface area (Å²) in [6.07, 6.45) is 2.32. The number of nitrogens with zero attached hydrogens (tertiary/aromatic N) is 3. The molecule has 1 aromatic heterocycles. The van der Waals surface area contributed by atoms with E-state index < -0.39 is 11.6 Å². The zero-order valence-corrected chi connectivity index (χ0v) is 18.8. The molecule has 1 N–H and O–H groups in total. The Morgan fingerprint density at radius 3 is 2.62 bits per heavy atom. The van der Waals surface area contributed by atoms with Crippen molar-refractivity contribution in [2.24, 2.45) is 0 Å². The second-order valence-corrected chi connectivity index (χ2v) is 9.49. The number of carbonyl (C=O) groups excluding carboxylic acids is 1. The summed E-state index contributed by atoms with van der Waals surface area (Å²) in [5.41, 5.74) is 3.96. The fraction of sp³-hybridized carbons (Fsp3) is 0.304. The van der Waals surface area contributed by atoms with Crippen molar-refractivity contribution >= 4 is 40.6 Å². The van der Waals surface area contributed by atoms with Gasteiger partial charge in [0.05, 0.1) is 16.4 Å². The Morgan fingerprint density at radius 1 is 1.06 bits per heavy atom. The van der Waals surface area contributed by atoms with E-state index in [9.17, 15) is 13.6 Å². The van der Waals surface area contributed by atoms with E-state index in [1.165, 1.54) is 6.07 Å². The van der Waals surface area contributed by atoms with Crippen LogP contribution in [-0.4, -0.2) is 40.3 Å². The largest absolute Gasteiger partial charge is 0.369 e. The molecule has 3 aromatic rings. The van der Waals surface area contributed by atoms with Crippen molar-refractivity contribution in [2.75, 3.05) is 34.8 Å². The van der Waals surface area contributed by atoms with Crippen molar-refractivity contribution in [3.63, 3.8) is 0 Å². The van der Waals surface area contributed by atoms with Crippen molar-refractivity contribution in [1.82, 2.24) is 9.78 Å². The van der Waals surface area contributed by atoms with Crippen molar-refractivity contribution in [2.45, 2.75) is 19.3 Å². The summed E-state index contributed by atoms with van der Waals surface area (Å²) in [4.78, 5) is 15.3. The molecule has 0 unspecified atom stereocenters. The van der Waals surface area contributed by atoms with Gasteiger partial charge in [0.1, 0.15) is 0 Å². The maximum atomic E-state index is 13.8. The van der Waals surface area contributed by atoms with Crippen molar-refractivity contribution < 1.29 is 13.6 Å². The molecular weight excluding hydrogens is 454 g/mol. The molecule has 0 spiro atoms. The quantitative estimate of drug-likeness (QED) is 0.571. The maximum absolute atomic E-state index is 13.8. The summed E-state index contributed by atoms with van der Waals surface area (Å²) in [5.74, 6) is -0.0687. The average molecular weight is 475 g/mol. The van der Waals surface area contributed by atoms with Crippen LogP contribution in [0.4, 0.5) is 20.2 Å². The zero-order chi connectivity index (χ0) is 22.2. The molecule has 2 heterocycles. The van der Waals surface area contributed by atoms with Gasteiger partial charge in [-0.05, 0) is 49.6 Å². The van der Waals surface area contributed by atoms with Crippen LogP contribution in [-0.2, 0) is 12.8 Å². The fourth-order valence-corrected chi connectivity index (χ4v) is 5.49. The van der Waals surface area contributed by atoms with Gasteiger partial charge in [0.25, 0.3) is 5.91 Å². The highest BCUT2D eigenvalue weighted by Gasteiger charge is 2.27. The molecule has 32 heavy (non-hydrogen) atoms. The molecule has 1 amide bonds. The third-order valence-electron chi connectivity index (χ3n) is 5.85. The minimum absolute atomic E-state index is 0.301. The van der Waals surface area contributed by atoms with Gasteiger partial charge >= 0.3 is 0 Å². The Labute approximate surface area is 193 Å². The standard InChI is InChI=1S/C23H21ClF2N4OS/c24-17-12-14(4-7-21(17)29-8-10-32-11-9-29)27-23(31)22-16-2-1-3-20(16)30(28-22)15-5-6-18(25)19(26)13-15/h4-7,12-13H,1-3,8-11H2,(H,27,31). The Balaban J connectivity index is 1.40. The normalized spacial score (nSPS) is 15.7. The lowest BCUT2D eigenvalue weighted by molar-refractivity contribution is 0.102. The number of benzene rings is 2. The van der Waals surface area contributed by atoms with E-state index in [2.05, 4.69) is 15.3 Å². The third kappa shape index (κ3) is 3.97. The second kappa shape index (κ2) is 8.75. The van der Waals surface area contributed by atoms with E-state index in [4.69, 9.17) is 11.6 Å². The van der Waals surface area contributed by atoms with Crippen LogP contribution in [0.3, 0.4) is 0 Å². The van der Waals surface area contributed by atoms with Gasteiger partial charge in [0.2, 0.25) is 0 Å². The van der Waals surface area contributed by atoms with Crippen molar-refractivity contribution in [3.05, 3.63) is 70.0 Å². The summed E-state index contributed by atoms with van der Waals surface area (Å²) in [7, 11) is 0. The lowest BCUT2D eigenvalue weighted by Crippen LogP contribution is -2.32. The van der Waals surface area contributed by atoms with E-state index in [1.807, 2.05) is 23.9 Å². The first kappa shape index (κ1) is 21.3. The van der Waals surface area contributed by atoms with E-state index in [1.54, 1.807) is 10.7 Å². The monoisotopic (exact) mass is 474 g/mol. The fourth-order valence-electron chi connectivity index (χ4n) is 4.29. The maximum Gasteiger partial charge on any atom is 0.276 e. The SMILES string of the molecule is O=C(Nc1ccc(N2CCSCC2)c(Cl)c1)c1nn(-c2ccc(F)c(F)c2)c2c1CCC2. The molecule has 1 saturated heterocycles. The van der Waals surface area contributed by atoms with Gasteiger partial charge in [-0.2, -0.15) is 16.9 Å². The van der Waals surface area contributed by atoms with Gasteiger partial charge in [-0.15, -0.1) is 0 Å². The molecule has 2 aromatic carbocycles. The number of nitrogens with one attached hydrogen (secondary N) is 1. The molecule has 0 bridgehead atoms.